The van der Waals surface area contributed by atoms with Gasteiger partial charge in [-0.2, -0.15) is 0 Å². The lowest BCUT2D eigenvalue weighted by molar-refractivity contribution is 0.296. The molecule has 0 bridgehead atoms. The van der Waals surface area contributed by atoms with Gasteiger partial charge >= 0.3 is 5.69 Å². The lowest BCUT2D eigenvalue weighted by atomic mass is 10.5. The summed E-state index contributed by atoms with van der Waals surface area (Å²) in [7, 11) is 2.95. The fraction of sp³-hybridized carbons (Fsp3) is 0.500. The van der Waals surface area contributed by atoms with E-state index in [1.807, 2.05) is 0 Å². The minimum Gasteiger partial charge on any atom is -0.477 e. The van der Waals surface area contributed by atoms with Crippen molar-refractivity contribution in [3.05, 3.63) is 26.9 Å². The van der Waals surface area contributed by atoms with Crippen LogP contribution in [0.2, 0.25) is 0 Å². The number of hydrogen-bond acceptors (Lipinski definition) is 4. The number of rotatable bonds is 3. The van der Waals surface area contributed by atoms with Gasteiger partial charge in [0.2, 0.25) is 5.88 Å². The van der Waals surface area contributed by atoms with Gasteiger partial charge in [0.05, 0.1) is 6.07 Å². The van der Waals surface area contributed by atoms with Gasteiger partial charge in [-0.25, -0.2) is 4.79 Å². The molecule has 6 nitrogen and oxygen atoms in total. The Labute approximate surface area is 80.5 Å². The maximum atomic E-state index is 11.4. The predicted molar refractivity (Wildman–Crippen MR) is 51.5 cm³/mol. The Morgan fingerprint density at radius 1 is 1.36 bits per heavy atom. The molecular weight excluding hydrogens is 186 g/mol. The highest BCUT2D eigenvalue weighted by molar-refractivity contribution is 5.08. The van der Waals surface area contributed by atoms with Gasteiger partial charge in [0.25, 0.3) is 5.56 Å². The first-order chi connectivity index (χ1) is 6.57. The fourth-order valence-electron chi connectivity index (χ4n) is 1.01. The van der Waals surface area contributed by atoms with E-state index in [1.54, 1.807) is 0 Å². The van der Waals surface area contributed by atoms with Crippen LogP contribution in [0.3, 0.4) is 0 Å². The summed E-state index contributed by atoms with van der Waals surface area (Å²) in [6.45, 7) is 0.615. The first-order valence-corrected chi connectivity index (χ1v) is 4.18. The molecule has 0 atom stereocenters. The molecule has 1 rings (SSSR count). The molecule has 1 heterocycles. The second kappa shape index (κ2) is 4.10. The van der Waals surface area contributed by atoms with E-state index in [0.717, 1.165) is 4.57 Å². The zero-order valence-corrected chi connectivity index (χ0v) is 8.19. The minimum atomic E-state index is -0.412. The normalized spacial score (nSPS) is 10.2. The van der Waals surface area contributed by atoms with Crippen LogP contribution in [0.15, 0.2) is 15.7 Å². The van der Waals surface area contributed by atoms with Crippen molar-refractivity contribution in [2.75, 3.05) is 13.2 Å². The monoisotopic (exact) mass is 199 g/mol. The van der Waals surface area contributed by atoms with Gasteiger partial charge in [-0.15, -0.1) is 0 Å². The van der Waals surface area contributed by atoms with Crippen LogP contribution >= 0.6 is 0 Å². The predicted octanol–water partition coefficient (Wildman–Crippen LogP) is -1.58. The van der Waals surface area contributed by atoms with Crippen LogP contribution in [-0.2, 0) is 14.1 Å². The molecular formula is C8H13N3O3. The molecule has 0 saturated heterocycles. The summed E-state index contributed by atoms with van der Waals surface area (Å²) in [5.41, 5.74) is 4.44. The summed E-state index contributed by atoms with van der Waals surface area (Å²) in [6, 6.07) is 1.26. The first-order valence-electron chi connectivity index (χ1n) is 4.18. The lowest BCUT2D eigenvalue weighted by Gasteiger charge is -2.09. The summed E-state index contributed by atoms with van der Waals surface area (Å²) in [5, 5.41) is 0. The van der Waals surface area contributed by atoms with E-state index in [1.165, 1.54) is 24.7 Å². The highest BCUT2D eigenvalue weighted by atomic mass is 16.5. The Hall–Kier alpha value is -1.56. The van der Waals surface area contributed by atoms with Crippen molar-refractivity contribution in [1.82, 2.24) is 9.13 Å². The maximum absolute atomic E-state index is 11.4. The van der Waals surface area contributed by atoms with E-state index in [2.05, 4.69) is 0 Å². The van der Waals surface area contributed by atoms with Gasteiger partial charge in [0.1, 0.15) is 6.61 Å². The largest absolute Gasteiger partial charge is 0.477 e. The van der Waals surface area contributed by atoms with Crippen LogP contribution < -0.4 is 21.7 Å². The van der Waals surface area contributed by atoms with Gasteiger partial charge in [-0.1, -0.05) is 0 Å². The van der Waals surface area contributed by atoms with Gasteiger partial charge in [-0.05, 0) is 0 Å². The molecule has 0 aliphatic rings. The summed E-state index contributed by atoms with van der Waals surface area (Å²) >= 11 is 0. The number of nitrogens with zero attached hydrogens (tertiary/aromatic N) is 2. The molecule has 0 aromatic carbocycles. The van der Waals surface area contributed by atoms with E-state index in [9.17, 15) is 9.59 Å². The van der Waals surface area contributed by atoms with Crippen molar-refractivity contribution in [1.29, 1.82) is 0 Å². The van der Waals surface area contributed by atoms with Gasteiger partial charge in [-0.3, -0.25) is 13.9 Å². The third-order valence-electron chi connectivity index (χ3n) is 1.85. The zero-order valence-electron chi connectivity index (χ0n) is 8.19. The van der Waals surface area contributed by atoms with Crippen LogP contribution in [0.4, 0.5) is 0 Å². The van der Waals surface area contributed by atoms with Crippen molar-refractivity contribution in [2.24, 2.45) is 19.8 Å². The number of ether oxygens (including phenoxy) is 1. The van der Waals surface area contributed by atoms with E-state index in [-0.39, 0.29) is 18.0 Å². The van der Waals surface area contributed by atoms with Crippen molar-refractivity contribution in [3.63, 3.8) is 0 Å². The average Bonchev–Trinajstić information content (AvgIpc) is 2.18. The second-order valence-corrected chi connectivity index (χ2v) is 2.86. The molecule has 0 aliphatic heterocycles. The highest BCUT2D eigenvalue weighted by Gasteiger charge is 2.05. The fourth-order valence-corrected chi connectivity index (χ4v) is 1.01. The van der Waals surface area contributed by atoms with E-state index in [4.69, 9.17) is 10.5 Å². The van der Waals surface area contributed by atoms with Gasteiger partial charge in [0, 0.05) is 20.6 Å². The number of hydrogen-bond donors (Lipinski definition) is 1. The molecule has 6 heteroatoms. The van der Waals surface area contributed by atoms with Gasteiger partial charge < -0.3 is 10.5 Å². The summed E-state index contributed by atoms with van der Waals surface area (Å²) in [5.74, 6) is 0.239. The Bertz CT molecular complexity index is 432. The SMILES string of the molecule is Cn1c(OCCN)cc(=O)n(C)c1=O. The van der Waals surface area contributed by atoms with E-state index < -0.39 is 5.69 Å². The van der Waals surface area contributed by atoms with Gasteiger partial charge in [0.15, 0.2) is 0 Å². The first kappa shape index (κ1) is 10.5. The number of nitrogens with two attached hydrogens (primary N) is 1. The molecule has 1 aromatic heterocycles. The maximum Gasteiger partial charge on any atom is 0.333 e. The Kier molecular flexibility index (Phi) is 3.08. The van der Waals surface area contributed by atoms with E-state index >= 15 is 0 Å². The number of aromatic nitrogens is 2. The molecule has 78 valence electrons. The standard InChI is InChI=1S/C8H13N3O3/c1-10-6(12)5-7(14-4-3-9)11(2)8(10)13/h5H,3-4,9H2,1-2H3. The summed E-state index contributed by atoms with van der Waals surface area (Å²) < 4.78 is 7.40. The molecule has 2 N–H and O–H groups in total. The third-order valence-corrected chi connectivity index (χ3v) is 1.85. The van der Waals surface area contributed by atoms with Crippen LogP contribution in [0.5, 0.6) is 5.88 Å². The van der Waals surface area contributed by atoms with Crippen LogP contribution in [-0.4, -0.2) is 22.3 Å². The topological polar surface area (TPSA) is 79.2 Å². The molecule has 0 spiro atoms. The molecule has 0 unspecified atom stereocenters. The minimum absolute atomic E-state index is 0.239. The summed E-state index contributed by atoms with van der Waals surface area (Å²) in [6.07, 6.45) is 0. The zero-order chi connectivity index (χ0) is 10.7. The molecule has 0 fully saturated rings. The molecule has 0 radical (unpaired) electrons. The van der Waals surface area contributed by atoms with Crippen molar-refractivity contribution in [3.8, 4) is 5.88 Å². The van der Waals surface area contributed by atoms with E-state index in [0.29, 0.717) is 6.54 Å². The Balaban J connectivity index is 3.20. The third kappa shape index (κ3) is 1.85. The Morgan fingerprint density at radius 2 is 2.00 bits per heavy atom. The van der Waals surface area contributed by atoms with Crippen molar-refractivity contribution >= 4 is 0 Å². The van der Waals surface area contributed by atoms with Crippen molar-refractivity contribution < 1.29 is 4.74 Å². The molecule has 0 saturated carbocycles. The smallest absolute Gasteiger partial charge is 0.333 e. The average molecular weight is 199 g/mol. The molecule has 1 aromatic rings. The quantitative estimate of drug-likeness (QED) is 0.637. The molecule has 14 heavy (non-hydrogen) atoms. The second-order valence-electron chi connectivity index (χ2n) is 2.86. The molecule has 0 aliphatic carbocycles. The Morgan fingerprint density at radius 3 is 2.57 bits per heavy atom. The lowest BCUT2D eigenvalue weighted by Crippen LogP contribution is -2.37. The molecule has 0 amide bonds. The van der Waals surface area contributed by atoms with Crippen LogP contribution in [0.25, 0.3) is 0 Å². The highest BCUT2D eigenvalue weighted by Crippen LogP contribution is 2.00. The summed E-state index contributed by atoms with van der Waals surface area (Å²) in [4.78, 5) is 22.6. The van der Waals surface area contributed by atoms with Crippen molar-refractivity contribution in [2.45, 2.75) is 0 Å². The van der Waals surface area contributed by atoms with Crippen LogP contribution in [0.1, 0.15) is 0 Å². The van der Waals surface area contributed by atoms with Crippen LogP contribution in [0, 0.1) is 0 Å².